The second-order valence-electron chi connectivity index (χ2n) is 3.58. The van der Waals surface area contributed by atoms with Gasteiger partial charge in [0.1, 0.15) is 0 Å². The van der Waals surface area contributed by atoms with Crippen molar-refractivity contribution < 1.29 is 0 Å². The summed E-state index contributed by atoms with van der Waals surface area (Å²) in [5.41, 5.74) is 0. The van der Waals surface area contributed by atoms with Crippen LogP contribution in [0, 0.1) is 5.92 Å². The highest BCUT2D eigenvalue weighted by Crippen LogP contribution is 2.45. The SMILES string of the molecule is Clc1ccsc1C(Br)C1CCCC1. The molecule has 1 unspecified atom stereocenters. The molecule has 0 N–H and O–H groups in total. The fraction of sp³-hybridized carbons (Fsp3) is 0.600. The van der Waals surface area contributed by atoms with Crippen LogP contribution in [0.2, 0.25) is 5.02 Å². The third kappa shape index (κ3) is 2.11. The first-order chi connectivity index (χ1) is 6.29. The molecule has 2 rings (SSSR count). The van der Waals surface area contributed by atoms with Crippen LogP contribution in [-0.4, -0.2) is 0 Å². The minimum Gasteiger partial charge on any atom is -0.146 e. The van der Waals surface area contributed by atoms with Gasteiger partial charge in [-0.05, 0) is 30.2 Å². The average molecular weight is 280 g/mol. The normalized spacial score (nSPS) is 20.8. The van der Waals surface area contributed by atoms with Crippen LogP contribution in [0.3, 0.4) is 0 Å². The van der Waals surface area contributed by atoms with Gasteiger partial charge in [-0.3, -0.25) is 0 Å². The fourth-order valence-electron chi connectivity index (χ4n) is 1.97. The van der Waals surface area contributed by atoms with Crippen LogP contribution >= 0.6 is 38.9 Å². The van der Waals surface area contributed by atoms with E-state index in [2.05, 4.69) is 21.3 Å². The molecule has 0 spiro atoms. The second-order valence-corrected chi connectivity index (χ2v) is 5.92. The van der Waals surface area contributed by atoms with Gasteiger partial charge in [-0.25, -0.2) is 0 Å². The zero-order valence-electron chi connectivity index (χ0n) is 7.30. The smallest absolute Gasteiger partial charge is 0.0556 e. The number of halogens is 2. The Kier molecular flexibility index (Phi) is 3.33. The molecule has 1 saturated carbocycles. The quantitative estimate of drug-likeness (QED) is 0.666. The molecule has 13 heavy (non-hydrogen) atoms. The lowest BCUT2D eigenvalue weighted by molar-refractivity contribution is 0.546. The van der Waals surface area contributed by atoms with E-state index >= 15 is 0 Å². The first-order valence-electron chi connectivity index (χ1n) is 4.66. The van der Waals surface area contributed by atoms with E-state index in [1.165, 1.54) is 30.6 Å². The summed E-state index contributed by atoms with van der Waals surface area (Å²) in [5, 5.41) is 3.00. The van der Waals surface area contributed by atoms with Gasteiger partial charge in [0, 0.05) is 4.88 Å². The Morgan fingerprint density at radius 2 is 2.15 bits per heavy atom. The topological polar surface area (TPSA) is 0 Å². The maximum atomic E-state index is 6.09. The minimum absolute atomic E-state index is 0.488. The molecular formula is C10H12BrClS. The summed E-state index contributed by atoms with van der Waals surface area (Å²) in [6.07, 6.45) is 5.47. The van der Waals surface area contributed by atoms with E-state index in [-0.39, 0.29) is 0 Å². The van der Waals surface area contributed by atoms with Crippen LogP contribution in [0.4, 0.5) is 0 Å². The van der Waals surface area contributed by atoms with Crippen LogP contribution in [0.25, 0.3) is 0 Å². The molecule has 0 bridgehead atoms. The molecule has 1 aromatic heterocycles. The largest absolute Gasteiger partial charge is 0.146 e. The van der Waals surface area contributed by atoms with Gasteiger partial charge in [0.25, 0.3) is 0 Å². The number of hydrogen-bond acceptors (Lipinski definition) is 1. The Hall–Kier alpha value is 0.470. The van der Waals surface area contributed by atoms with E-state index in [1.807, 2.05) is 6.07 Å². The van der Waals surface area contributed by atoms with E-state index < -0.39 is 0 Å². The first kappa shape index (κ1) is 10.0. The van der Waals surface area contributed by atoms with E-state index in [4.69, 9.17) is 11.6 Å². The van der Waals surface area contributed by atoms with Crippen molar-refractivity contribution in [2.45, 2.75) is 30.5 Å². The Balaban J connectivity index is 2.12. The Morgan fingerprint density at radius 1 is 1.46 bits per heavy atom. The van der Waals surface area contributed by atoms with Crippen LogP contribution < -0.4 is 0 Å². The van der Waals surface area contributed by atoms with Crippen molar-refractivity contribution in [3.05, 3.63) is 21.3 Å². The van der Waals surface area contributed by atoms with Gasteiger partial charge in [-0.1, -0.05) is 40.4 Å². The fourth-order valence-corrected chi connectivity index (χ4v) is 4.44. The number of rotatable bonds is 2. The Bertz CT molecular complexity index is 278. The number of hydrogen-bond donors (Lipinski definition) is 0. The van der Waals surface area contributed by atoms with Gasteiger partial charge < -0.3 is 0 Å². The predicted octanol–water partition coefficient (Wildman–Crippen LogP) is 5.03. The summed E-state index contributed by atoms with van der Waals surface area (Å²) in [7, 11) is 0. The lowest BCUT2D eigenvalue weighted by Gasteiger charge is -2.15. The summed E-state index contributed by atoms with van der Waals surface area (Å²) in [4.78, 5) is 1.80. The zero-order valence-corrected chi connectivity index (χ0v) is 10.5. The van der Waals surface area contributed by atoms with Crippen LogP contribution in [0.1, 0.15) is 35.4 Å². The highest BCUT2D eigenvalue weighted by atomic mass is 79.9. The molecule has 0 saturated heterocycles. The number of thiophene rings is 1. The first-order valence-corrected chi connectivity index (χ1v) is 6.83. The molecule has 72 valence electrons. The molecule has 1 heterocycles. The highest BCUT2D eigenvalue weighted by molar-refractivity contribution is 9.09. The Morgan fingerprint density at radius 3 is 2.69 bits per heavy atom. The Labute approximate surface area is 96.4 Å². The molecule has 1 aromatic rings. The molecule has 0 aliphatic heterocycles. The van der Waals surface area contributed by atoms with Crippen LogP contribution in [-0.2, 0) is 0 Å². The predicted molar refractivity (Wildman–Crippen MR) is 63.0 cm³/mol. The van der Waals surface area contributed by atoms with Gasteiger partial charge in [0.15, 0.2) is 0 Å². The average Bonchev–Trinajstić information content (AvgIpc) is 2.72. The molecule has 1 fully saturated rings. The van der Waals surface area contributed by atoms with Crippen molar-refractivity contribution in [3.8, 4) is 0 Å². The monoisotopic (exact) mass is 278 g/mol. The van der Waals surface area contributed by atoms with Crippen molar-refractivity contribution in [2.24, 2.45) is 5.92 Å². The summed E-state index contributed by atoms with van der Waals surface area (Å²) in [6, 6.07) is 1.99. The lowest BCUT2D eigenvalue weighted by Crippen LogP contribution is -2.01. The lowest BCUT2D eigenvalue weighted by atomic mass is 10.0. The van der Waals surface area contributed by atoms with Gasteiger partial charge in [0.05, 0.1) is 9.85 Å². The zero-order chi connectivity index (χ0) is 9.26. The molecule has 0 radical (unpaired) electrons. The summed E-state index contributed by atoms with van der Waals surface area (Å²) in [6.45, 7) is 0. The molecule has 0 nitrogen and oxygen atoms in total. The van der Waals surface area contributed by atoms with Crippen LogP contribution in [0.15, 0.2) is 11.4 Å². The maximum Gasteiger partial charge on any atom is 0.0556 e. The van der Waals surface area contributed by atoms with E-state index in [9.17, 15) is 0 Å². The standard InChI is InChI=1S/C10H12BrClS/c11-9(7-3-1-2-4-7)10-8(12)5-6-13-10/h5-7,9H,1-4H2. The summed E-state index contributed by atoms with van der Waals surface area (Å²) >= 11 is 11.6. The maximum absolute atomic E-state index is 6.09. The van der Waals surface area contributed by atoms with E-state index in [0.717, 1.165) is 10.9 Å². The van der Waals surface area contributed by atoms with Crippen molar-refractivity contribution >= 4 is 38.9 Å². The van der Waals surface area contributed by atoms with Gasteiger partial charge in [-0.15, -0.1) is 11.3 Å². The van der Waals surface area contributed by atoms with Gasteiger partial charge in [0.2, 0.25) is 0 Å². The van der Waals surface area contributed by atoms with Gasteiger partial charge in [-0.2, -0.15) is 0 Å². The third-order valence-electron chi connectivity index (χ3n) is 2.71. The van der Waals surface area contributed by atoms with E-state index in [1.54, 1.807) is 11.3 Å². The summed E-state index contributed by atoms with van der Waals surface area (Å²) in [5.74, 6) is 0.802. The molecule has 1 aliphatic rings. The molecule has 1 atom stereocenters. The van der Waals surface area contributed by atoms with Gasteiger partial charge >= 0.3 is 0 Å². The van der Waals surface area contributed by atoms with Crippen molar-refractivity contribution in [3.63, 3.8) is 0 Å². The second kappa shape index (κ2) is 4.33. The van der Waals surface area contributed by atoms with Crippen molar-refractivity contribution in [1.82, 2.24) is 0 Å². The van der Waals surface area contributed by atoms with Crippen molar-refractivity contribution in [2.75, 3.05) is 0 Å². The summed E-state index contributed by atoms with van der Waals surface area (Å²) < 4.78 is 0. The van der Waals surface area contributed by atoms with Crippen molar-refractivity contribution in [1.29, 1.82) is 0 Å². The molecule has 1 aliphatic carbocycles. The molecule has 0 aromatic carbocycles. The van der Waals surface area contributed by atoms with Crippen LogP contribution in [0.5, 0.6) is 0 Å². The molecular weight excluding hydrogens is 268 g/mol. The minimum atomic E-state index is 0.488. The molecule has 0 amide bonds. The molecule has 3 heteroatoms. The number of alkyl halides is 1. The third-order valence-corrected chi connectivity index (χ3v) is 5.66. The highest BCUT2D eigenvalue weighted by Gasteiger charge is 2.26. The van der Waals surface area contributed by atoms with E-state index in [0.29, 0.717) is 4.83 Å².